The van der Waals surface area contributed by atoms with Crippen LogP contribution >= 0.6 is 34.7 Å². The number of rotatable bonds is 3. The van der Waals surface area contributed by atoms with Crippen molar-refractivity contribution in [2.24, 2.45) is 4.99 Å². The van der Waals surface area contributed by atoms with Crippen LogP contribution in [0.3, 0.4) is 0 Å². The zero-order chi connectivity index (χ0) is 18.8. The third-order valence-electron chi connectivity index (χ3n) is 4.01. The van der Waals surface area contributed by atoms with Gasteiger partial charge in [0.2, 0.25) is 0 Å². The second kappa shape index (κ2) is 7.72. The number of hydrogen-bond acceptors (Lipinski definition) is 4. The molecule has 1 aliphatic rings. The molecule has 1 aliphatic heterocycles. The molecule has 4 rings (SSSR count). The minimum absolute atomic E-state index is 0.0314. The number of carbonyl (C=O) groups is 1. The number of amidine groups is 1. The number of amides is 1. The lowest BCUT2D eigenvalue weighted by Crippen LogP contribution is -2.23. The van der Waals surface area contributed by atoms with Crippen LogP contribution in [-0.4, -0.2) is 23.0 Å². The number of carbonyl (C=O) groups excluding carboxylic acids is 1. The van der Waals surface area contributed by atoms with E-state index in [1.807, 2.05) is 66.7 Å². The van der Waals surface area contributed by atoms with E-state index in [2.05, 4.69) is 11.1 Å². The van der Waals surface area contributed by atoms with Gasteiger partial charge in [0.15, 0.2) is 5.17 Å². The number of likely N-dealkylation sites (N-methyl/N-ethyl adjacent to an activating group) is 1. The van der Waals surface area contributed by atoms with Crippen molar-refractivity contribution in [3.63, 3.8) is 0 Å². The lowest BCUT2D eigenvalue weighted by atomic mass is 10.2. The summed E-state index contributed by atoms with van der Waals surface area (Å²) in [6.45, 7) is 0. The van der Waals surface area contributed by atoms with Gasteiger partial charge in [0.25, 0.3) is 5.91 Å². The van der Waals surface area contributed by atoms with E-state index in [-0.39, 0.29) is 5.91 Å². The van der Waals surface area contributed by atoms with Gasteiger partial charge >= 0.3 is 0 Å². The number of thioether (sulfide) groups is 1. The molecule has 3 nitrogen and oxygen atoms in total. The molecule has 134 valence electrons. The van der Waals surface area contributed by atoms with Crippen LogP contribution in [0.5, 0.6) is 0 Å². The molecule has 1 aromatic heterocycles. The molecule has 1 saturated heterocycles. The number of hydrogen-bond donors (Lipinski definition) is 0. The standard InChI is InChI=1S/C21H15ClN2OS2/c1-24-20(25)19(27-21(24)23-16-5-3-2-4-6-16)13-17-11-12-18(26-17)14-7-9-15(22)10-8-14/h2-13H,1H3/b19-13-,23-21?. The van der Waals surface area contributed by atoms with Gasteiger partial charge in [-0.2, -0.15) is 0 Å². The summed E-state index contributed by atoms with van der Waals surface area (Å²) in [5.74, 6) is -0.0314. The van der Waals surface area contributed by atoms with E-state index in [0.717, 1.165) is 26.0 Å². The van der Waals surface area contributed by atoms with E-state index < -0.39 is 0 Å². The van der Waals surface area contributed by atoms with E-state index >= 15 is 0 Å². The van der Waals surface area contributed by atoms with Gasteiger partial charge in [0.1, 0.15) is 0 Å². The van der Waals surface area contributed by atoms with Crippen LogP contribution in [0.25, 0.3) is 16.5 Å². The van der Waals surface area contributed by atoms with Gasteiger partial charge in [-0.15, -0.1) is 11.3 Å². The topological polar surface area (TPSA) is 32.7 Å². The molecule has 6 heteroatoms. The smallest absolute Gasteiger partial charge is 0.266 e. The Morgan fingerprint density at radius 2 is 1.74 bits per heavy atom. The predicted octanol–water partition coefficient (Wildman–Crippen LogP) is 6.30. The first-order valence-corrected chi connectivity index (χ1v) is 10.3. The Labute approximate surface area is 171 Å². The Morgan fingerprint density at radius 1 is 1.00 bits per heavy atom. The third-order valence-corrected chi connectivity index (χ3v) is 6.41. The highest BCUT2D eigenvalue weighted by Crippen LogP contribution is 2.36. The molecule has 0 radical (unpaired) electrons. The summed E-state index contributed by atoms with van der Waals surface area (Å²) in [5.41, 5.74) is 1.95. The van der Waals surface area contributed by atoms with Gasteiger partial charge in [-0.05, 0) is 59.8 Å². The zero-order valence-electron chi connectivity index (χ0n) is 14.4. The summed E-state index contributed by atoms with van der Waals surface area (Å²) in [5, 5.41) is 1.41. The molecule has 0 atom stereocenters. The van der Waals surface area contributed by atoms with Crippen molar-refractivity contribution in [3.8, 4) is 10.4 Å². The van der Waals surface area contributed by atoms with Gasteiger partial charge in [-0.3, -0.25) is 9.69 Å². The van der Waals surface area contributed by atoms with Crippen molar-refractivity contribution in [1.82, 2.24) is 4.90 Å². The van der Waals surface area contributed by atoms with Gasteiger partial charge < -0.3 is 0 Å². The molecule has 1 amide bonds. The molecule has 27 heavy (non-hydrogen) atoms. The fourth-order valence-corrected chi connectivity index (χ4v) is 4.73. The van der Waals surface area contributed by atoms with Crippen LogP contribution < -0.4 is 0 Å². The minimum Gasteiger partial charge on any atom is -0.290 e. The number of para-hydroxylation sites is 1. The van der Waals surface area contributed by atoms with Crippen molar-refractivity contribution in [2.45, 2.75) is 0 Å². The summed E-state index contributed by atoms with van der Waals surface area (Å²) in [4.78, 5) is 21.6. The molecule has 0 N–H and O–H groups in total. The average molecular weight is 411 g/mol. The second-order valence-electron chi connectivity index (χ2n) is 5.91. The highest BCUT2D eigenvalue weighted by molar-refractivity contribution is 8.18. The first-order chi connectivity index (χ1) is 13.1. The maximum absolute atomic E-state index is 12.6. The molecule has 0 unspecified atom stereocenters. The fourth-order valence-electron chi connectivity index (χ4n) is 2.59. The summed E-state index contributed by atoms with van der Waals surface area (Å²) in [7, 11) is 1.76. The maximum atomic E-state index is 12.6. The molecule has 0 bridgehead atoms. The lowest BCUT2D eigenvalue weighted by molar-refractivity contribution is -0.121. The van der Waals surface area contributed by atoms with Crippen molar-refractivity contribution in [3.05, 3.63) is 81.5 Å². The zero-order valence-corrected chi connectivity index (χ0v) is 16.8. The second-order valence-corrected chi connectivity index (χ2v) is 8.47. The normalized spacial score (nSPS) is 17.3. The Bertz CT molecular complexity index is 1040. The van der Waals surface area contributed by atoms with Crippen LogP contribution in [0.15, 0.2) is 76.6 Å². The number of thiophene rings is 1. The van der Waals surface area contributed by atoms with E-state index in [0.29, 0.717) is 10.1 Å². The first-order valence-electron chi connectivity index (χ1n) is 8.27. The van der Waals surface area contributed by atoms with Crippen LogP contribution in [0, 0.1) is 0 Å². The van der Waals surface area contributed by atoms with E-state index in [1.54, 1.807) is 23.3 Å². The first kappa shape index (κ1) is 18.0. The molecular formula is C21H15ClN2OS2. The van der Waals surface area contributed by atoms with Crippen LogP contribution in [-0.2, 0) is 4.79 Å². The van der Waals surface area contributed by atoms with Crippen LogP contribution in [0.4, 0.5) is 5.69 Å². The average Bonchev–Trinajstić information content (AvgIpc) is 3.24. The molecule has 0 saturated carbocycles. The Morgan fingerprint density at radius 3 is 2.48 bits per heavy atom. The Balaban J connectivity index is 1.58. The van der Waals surface area contributed by atoms with E-state index in [1.165, 1.54) is 11.8 Å². The highest BCUT2D eigenvalue weighted by atomic mass is 35.5. The van der Waals surface area contributed by atoms with E-state index in [4.69, 9.17) is 11.6 Å². The Hall–Kier alpha value is -2.34. The molecule has 2 aromatic carbocycles. The molecule has 2 heterocycles. The summed E-state index contributed by atoms with van der Waals surface area (Å²) in [6.07, 6.45) is 1.93. The minimum atomic E-state index is -0.0314. The maximum Gasteiger partial charge on any atom is 0.266 e. The summed E-state index contributed by atoms with van der Waals surface area (Å²) in [6, 6.07) is 21.5. The van der Waals surface area contributed by atoms with E-state index in [9.17, 15) is 4.79 Å². The number of benzene rings is 2. The quantitative estimate of drug-likeness (QED) is 0.474. The van der Waals surface area contributed by atoms with Crippen molar-refractivity contribution in [1.29, 1.82) is 0 Å². The lowest BCUT2D eigenvalue weighted by Gasteiger charge is -2.06. The molecule has 0 spiro atoms. The fraction of sp³-hybridized carbons (Fsp3) is 0.0476. The molecular weight excluding hydrogens is 396 g/mol. The van der Waals surface area contributed by atoms with Crippen molar-refractivity contribution < 1.29 is 4.79 Å². The predicted molar refractivity (Wildman–Crippen MR) is 117 cm³/mol. The van der Waals surface area contributed by atoms with Gasteiger partial charge in [0, 0.05) is 21.8 Å². The van der Waals surface area contributed by atoms with Crippen molar-refractivity contribution >= 4 is 57.5 Å². The summed E-state index contributed by atoms with van der Waals surface area (Å²) >= 11 is 9.00. The van der Waals surface area contributed by atoms with Crippen LogP contribution in [0.1, 0.15) is 4.88 Å². The molecule has 1 fully saturated rings. The number of halogens is 1. The van der Waals surface area contributed by atoms with Crippen LogP contribution in [0.2, 0.25) is 5.02 Å². The highest BCUT2D eigenvalue weighted by Gasteiger charge is 2.30. The molecule has 0 aliphatic carbocycles. The Kier molecular flexibility index (Phi) is 5.16. The molecule has 3 aromatic rings. The van der Waals surface area contributed by atoms with Gasteiger partial charge in [-0.25, -0.2) is 4.99 Å². The summed E-state index contributed by atoms with van der Waals surface area (Å²) < 4.78 is 0. The van der Waals surface area contributed by atoms with Gasteiger partial charge in [-0.1, -0.05) is 41.9 Å². The number of aliphatic imine (C=N–C) groups is 1. The van der Waals surface area contributed by atoms with Gasteiger partial charge in [0.05, 0.1) is 10.6 Å². The largest absolute Gasteiger partial charge is 0.290 e. The number of nitrogens with zero attached hydrogens (tertiary/aromatic N) is 2. The monoisotopic (exact) mass is 410 g/mol. The SMILES string of the molecule is CN1C(=O)/C(=C/c2ccc(-c3ccc(Cl)cc3)s2)SC1=Nc1ccccc1. The third kappa shape index (κ3) is 4.00. The van der Waals surface area contributed by atoms with Crippen molar-refractivity contribution in [2.75, 3.05) is 7.05 Å².